The second-order valence-electron chi connectivity index (χ2n) is 4.74. The first-order valence-electron chi connectivity index (χ1n) is 6.75. The molecule has 1 amide bonds. The first-order valence-corrected chi connectivity index (χ1v) is 7.13. The molecule has 0 aliphatic carbocycles. The van der Waals surface area contributed by atoms with Gasteiger partial charge in [0.2, 0.25) is 5.91 Å². The zero-order valence-electron chi connectivity index (χ0n) is 12.1. The lowest BCUT2D eigenvalue weighted by atomic mass is 10.3. The van der Waals surface area contributed by atoms with Crippen LogP contribution < -0.4 is 16.2 Å². The number of nitrogens with one attached hydrogen (secondary N) is 2. The number of halogens is 1. The lowest BCUT2D eigenvalue weighted by Gasteiger charge is -2.12. The van der Waals surface area contributed by atoms with Crippen molar-refractivity contribution in [3.63, 3.8) is 0 Å². The largest absolute Gasteiger partial charge is 0.382 e. The average molecular weight is 301 g/mol. The van der Waals surface area contributed by atoms with Gasteiger partial charge in [-0.15, -0.1) is 0 Å². The Kier molecular flexibility index (Phi) is 6.51. The Hall–Kier alpha value is -1.56. The van der Waals surface area contributed by atoms with Crippen molar-refractivity contribution in [2.24, 2.45) is 0 Å². The maximum atomic E-state index is 11.9. The van der Waals surface area contributed by atoms with Gasteiger partial charge in [-0.2, -0.15) is 5.10 Å². The van der Waals surface area contributed by atoms with Gasteiger partial charge in [0.05, 0.1) is 17.9 Å². The Balaban J connectivity index is 2.59. The minimum atomic E-state index is -0.331. The highest BCUT2D eigenvalue weighted by molar-refractivity contribution is 6.32. The highest BCUT2D eigenvalue weighted by Crippen LogP contribution is 2.16. The van der Waals surface area contributed by atoms with E-state index >= 15 is 0 Å². The van der Waals surface area contributed by atoms with Crippen molar-refractivity contribution in [2.75, 3.05) is 18.4 Å². The Morgan fingerprint density at radius 3 is 2.75 bits per heavy atom. The van der Waals surface area contributed by atoms with Crippen LogP contribution in [0.3, 0.4) is 0 Å². The standard InChI is InChI=1S/C13H21ClN4O2/c1-4-6-16-11(19)5-7-15-10-8-17-18(9(2)3)13(20)12(10)14/h8-9,15H,4-7H2,1-3H3,(H,16,19). The third kappa shape index (κ3) is 4.52. The van der Waals surface area contributed by atoms with Gasteiger partial charge in [0, 0.05) is 19.5 Å². The highest BCUT2D eigenvalue weighted by atomic mass is 35.5. The number of aromatic nitrogens is 2. The highest BCUT2D eigenvalue weighted by Gasteiger charge is 2.11. The van der Waals surface area contributed by atoms with Gasteiger partial charge < -0.3 is 10.6 Å². The number of anilines is 1. The second-order valence-corrected chi connectivity index (χ2v) is 5.12. The van der Waals surface area contributed by atoms with Crippen LogP contribution in [0.25, 0.3) is 0 Å². The molecule has 0 saturated carbocycles. The molecule has 6 nitrogen and oxygen atoms in total. The summed E-state index contributed by atoms with van der Waals surface area (Å²) in [5.74, 6) is -0.0287. The van der Waals surface area contributed by atoms with Crippen molar-refractivity contribution in [3.05, 3.63) is 21.6 Å². The van der Waals surface area contributed by atoms with Crippen molar-refractivity contribution in [1.82, 2.24) is 15.1 Å². The maximum absolute atomic E-state index is 11.9. The number of hydrogen-bond acceptors (Lipinski definition) is 4. The summed E-state index contributed by atoms with van der Waals surface area (Å²) in [5, 5.41) is 9.88. The van der Waals surface area contributed by atoms with Crippen LogP contribution in [0.5, 0.6) is 0 Å². The van der Waals surface area contributed by atoms with Gasteiger partial charge >= 0.3 is 0 Å². The number of carbonyl (C=O) groups is 1. The van der Waals surface area contributed by atoms with E-state index < -0.39 is 0 Å². The molecule has 0 atom stereocenters. The number of carbonyl (C=O) groups excluding carboxylic acids is 1. The predicted molar refractivity (Wildman–Crippen MR) is 80.3 cm³/mol. The topological polar surface area (TPSA) is 76.0 Å². The number of rotatable bonds is 7. The van der Waals surface area contributed by atoms with Crippen LogP contribution in [0.15, 0.2) is 11.0 Å². The summed E-state index contributed by atoms with van der Waals surface area (Å²) in [4.78, 5) is 23.3. The maximum Gasteiger partial charge on any atom is 0.287 e. The van der Waals surface area contributed by atoms with Gasteiger partial charge in [0.15, 0.2) is 0 Å². The van der Waals surface area contributed by atoms with Crippen LogP contribution in [-0.2, 0) is 4.79 Å². The molecule has 0 saturated heterocycles. The van der Waals surface area contributed by atoms with Gasteiger partial charge in [-0.05, 0) is 20.3 Å². The molecule has 1 rings (SSSR count). The Morgan fingerprint density at radius 1 is 1.45 bits per heavy atom. The minimum absolute atomic E-state index is 0.0287. The molecular weight excluding hydrogens is 280 g/mol. The summed E-state index contributed by atoms with van der Waals surface area (Å²) in [7, 11) is 0. The Bertz CT molecular complexity index is 514. The zero-order chi connectivity index (χ0) is 15.1. The SMILES string of the molecule is CCCNC(=O)CCNc1cnn(C(C)C)c(=O)c1Cl. The Labute approximate surface area is 123 Å². The summed E-state index contributed by atoms with van der Waals surface area (Å²) >= 11 is 6.00. The average Bonchev–Trinajstić information content (AvgIpc) is 2.40. The predicted octanol–water partition coefficient (Wildman–Crippen LogP) is 1.81. The van der Waals surface area contributed by atoms with E-state index in [2.05, 4.69) is 15.7 Å². The lowest BCUT2D eigenvalue weighted by molar-refractivity contribution is -0.120. The van der Waals surface area contributed by atoms with Crippen molar-refractivity contribution in [1.29, 1.82) is 0 Å². The monoisotopic (exact) mass is 300 g/mol. The molecule has 0 aliphatic rings. The molecule has 0 spiro atoms. The first-order chi connectivity index (χ1) is 9.47. The summed E-state index contributed by atoms with van der Waals surface area (Å²) < 4.78 is 1.32. The third-order valence-electron chi connectivity index (χ3n) is 2.67. The fraction of sp³-hybridized carbons (Fsp3) is 0.615. The van der Waals surface area contributed by atoms with E-state index in [1.807, 2.05) is 20.8 Å². The van der Waals surface area contributed by atoms with Crippen molar-refractivity contribution < 1.29 is 4.79 Å². The van der Waals surface area contributed by atoms with Crippen molar-refractivity contribution >= 4 is 23.2 Å². The van der Waals surface area contributed by atoms with E-state index in [4.69, 9.17) is 11.6 Å². The molecule has 0 radical (unpaired) electrons. The van der Waals surface area contributed by atoms with Gasteiger partial charge in [0.25, 0.3) is 5.56 Å². The quantitative estimate of drug-likeness (QED) is 0.805. The molecule has 0 fully saturated rings. The minimum Gasteiger partial charge on any atom is -0.382 e. The Morgan fingerprint density at radius 2 is 2.15 bits per heavy atom. The van der Waals surface area contributed by atoms with E-state index in [1.165, 1.54) is 10.9 Å². The van der Waals surface area contributed by atoms with Crippen LogP contribution in [0.4, 0.5) is 5.69 Å². The first kappa shape index (κ1) is 16.5. The van der Waals surface area contributed by atoms with Crippen molar-refractivity contribution in [3.8, 4) is 0 Å². The third-order valence-corrected chi connectivity index (χ3v) is 3.04. The number of hydrogen-bond donors (Lipinski definition) is 2. The van der Waals surface area contributed by atoms with Crippen LogP contribution in [-0.4, -0.2) is 28.8 Å². The van der Waals surface area contributed by atoms with Gasteiger partial charge in [0.1, 0.15) is 5.02 Å². The number of amides is 1. The smallest absolute Gasteiger partial charge is 0.287 e. The van der Waals surface area contributed by atoms with E-state index in [0.29, 0.717) is 25.2 Å². The second kappa shape index (κ2) is 7.89. The normalized spacial score (nSPS) is 10.7. The van der Waals surface area contributed by atoms with Crippen molar-refractivity contribution in [2.45, 2.75) is 39.7 Å². The molecular formula is C13H21ClN4O2. The van der Waals surface area contributed by atoms with E-state index in [1.54, 1.807) is 0 Å². The summed E-state index contributed by atoms with van der Waals surface area (Å²) in [6, 6.07) is -0.0473. The molecule has 0 aromatic carbocycles. The zero-order valence-corrected chi connectivity index (χ0v) is 12.8. The van der Waals surface area contributed by atoms with E-state index in [-0.39, 0.29) is 22.5 Å². The van der Waals surface area contributed by atoms with E-state index in [0.717, 1.165) is 6.42 Å². The van der Waals surface area contributed by atoms with E-state index in [9.17, 15) is 9.59 Å². The molecule has 1 aromatic heterocycles. The fourth-order valence-electron chi connectivity index (χ4n) is 1.60. The molecule has 1 aromatic rings. The molecule has 2 N–H and O–H groups in total. The van der Waals surface area contributed by atoms with Crippen LogP contribution >= 0.6 is 11.6 Å². The van der Waals surface area contributed by atoms with Crippen LogP contribution in [0.1, 0.15) is 39.7 Å². The molecule has 20 heavy (non-hydrogen) atoms. The molecule has 7 heteroatoms. The molecule has 1 heterocycles. The number of nitrogens with zero attached hydrogens (tertiary/aromatic N) is 2. The van der Waals surface area contributed by atoms with Crippen LogP contribution in [0, 0.1) is 0 Å². The summed E-state index contributed by atoms with van der Waals surface area (Å²) in [5.41, 5.74) is 0.124. The van der Waals surface area contributed by atoms with Gasteiger partial charge in [-0.1, -0.05) is 18.5 Å². The summed E-state index contributed by atoms with van der Waals surface area (Å²) in [6.07, 6.45) is 2.74. The van der Waals surface area contributed by atoms with Gasteiger partial charge in [-0.25, -0.2) is 4.68 Å². The fourth-order valence-corrected chi connectivity index (χ4v) is 1.80. The molecule has 112 valence electrons. The van der Waals surface area contributed by atoms with Crippen LogP contribution in [0.2, 0.25) is 5.02 Å². The van der Waals surface area contributed by atoms with Gasteiger partial charge in [-0.3, -0.25) is 9.59 Å². The molecule has 0 unspecified atom stereocenters. The lowest BCUT2D eigenvalue weighted by Crippen LogP contribution is -2.27. The molecule has 0 aliphatic heterocycles. The molecule has 0 bridgehead atoms. The summed E-state index contributed by atoms with van der Waals surface area (Å²) in [6.45, 7) is 6.78.